The summed E-state index contributed by atoms with van der Waals surface area (Å²) in [7, 11) is -0.0110. The summed E-state index contributed by atoms with van der Waals surface area (Å²) in [5.74, 6) is 1.62. The van der Waals surface area contributed by atoms with Crippen LogP contribution in [0.3, 0.4) is 0 Å². The standard InChI is InChI=1S/C14H19N3O5S/c1-20-11-5-4-9(8-12(11)21-2)13-16-14(22-17-13)10(15)6-7-23(3,18)19/h4-5,8,10H,6-7,15H2,1-3H3/t10-/m0/s1. The zero-order chi connectivity index (χ0) is 17.0. The van der Waals surface area contributed by atoms with E-state index < -0.39 is 15.9 Å². The predicted octanol–water partition coefficient (Wildman–Crippen LogP) is 1.19. The van der Waals surface area contributed by atoms with Crippen molar-refractivity contribution in [2.75, 3.05) is 26.2 Å². The second-order valence-electron chi connectivity index (χ2n) is 5.05. The largest absolute Gasteiger partial charge is 0.493 e. The van der Waals surface area contributed by atoms with Gasteiger partial charge in [0.25, 0.3) is 0 Å². The number of nitrogens with two attached hydrogens (primary N) is 1. The molecule has 1 heterocycles. The summed E-state index contributed by atoms with van der Waals surface area (Å²) < 4.78 is 37.9. The highest BCUT2D eigenvalue weighted by Crippen LogP contribution is 2.31. The normalized spacial score (nSPS) is 12.9. The Kier molecular flexibility index (Phi) is 5.22. The van der Waals surface area contributed by atoms with Crippen LogP contribution >= 0.6 is 0 Å². The van der Waals surface area contributed by atoms with Gasteiger partial charge in [0.05, 0.1) is 26.0 Å². The molecule has 0 radical (unpaired) electrons. The monoisotopic (exact) mass is 341 g/mol. The Morgan fingerprint density at radius 3 is 2.57 bits per heavy atom. The van der Waals surface area contributed by atoms with Crippen LogP contribution in [0.4, 0.5) is 0 Å². The van der Waals surface area contributed by atoms with Gasteiger partial charge in [-0.15, -0.1) is 0 Å². The Bertz CT molecular complexity index is 772. The number of benzene rings is 1. The van der Waals surface area contributed by atoms with E-state index in [1.165, 1.54) is 7.11 Å². The van der Waals surface area contributed by atoms with Crippen molar-refractivity contribution in [1.29, 1.82) is 0 Å². The molecule has 0 unspecified atom stereocenters. The van der Waals surface area contributed by atoms with E-state index in [0.717, 1.165) is 6.26 Å². The summed E-state index contributed by atoms with van der Waals surface area (Å²) in [5, 5.41) is 3.87. The number of hydrogen-bond acceptors (Lipinski definition) is 8. The first kappa shape index (κ1) is 17.2. The molecule has 8 nitrogen and oxygen atoms in total. The van der Waals surface area contributed by atoms with Gasteiger partial charge in [0.2, 0.25) is 11.7 Å². The lowest BCUT2D eigenvalue weighted by Gasteiger charge is -2.07. The van der Waals surface area contributed by atoms with Crippen molar-refractivity contribution < 1.29 is 22.4 Å². The number of hydrogen-bond donors (Lipinski definition) is 1. The van der Waals surface area contributed by atoms with Crippen molar-refractivity contribution in [2.24, 2.45) is 5.73 Å². The van der Waals surface area contributed by atoms with Gasteiger partial charge in [0.15, 0.2) is 11.5 Å². The second kappa shape index (κ2) is 6.97. The summed E-state index contributed by atoms with van der Waals surface area (Å²) in [6, 6.07) is 4.58. The molecule has 0 amide bonds. The van der Waals surface area contributed by atoms with Crippen LogP contribution in [-0.4, -0.2) is 44.8 Å². The first-order chi connectivity index (χ1) is 10.8. The van der Waals surface area contributed by atoms with E-state index >= 15 is 0 Å². The van der Waals surface area contributed by atoms with Gasteiger partial charge in [-0.3, -0.25) is 0 Å². The van der Waals surface area contributed by atoms with Gasteiger partial charge < -0.3 is 19.7 Å². The SMILES string of the molecule is COc1ccc(-c2noc([C@@H](N)CCS(C)(=O)=O)n2)cc1OC. The van der Waals surface area contributed by atoms with Crippen molar-refractivity contribution in [3.05, 3.63) is 24.1 Å². The van der Waals surface area contributed by atoms with Crippen molar-refractivity contribution >= 4 is 9.84 Å². The maximum absolute atomic E-state index is 11.2. The lowest BCUT2D eigenvalue weighted by molar-refractivity contribution is 0.352. The molecule has 1 aromatic heterocycles. The first-order valence-corrected chi connectivity index (χ1v) is 8.89. The van der Waals surface area contributed by atoms with Crippen LogP contribution in [-0.2, 0) is 9.84 Å². The van der Waals surface area contributed by atoms with Crippen LogP contribution in [0.25, 0.3) is 11.4 Å². The molecule has 9 heteroatoms. The fourth-order valence-corrected chi connectivity index (χ4v) is 2.62. The molecule has 0 aliphatic rings. The summed E-state index contributed by atoms with van der Waals surface area (Å²) >= 11 is 0. The Labute approximate surface area is 134 Å². The highest BCUT2D eigenvalue weighted by atomic mass is 32.2. The quantitative estimate of drug-likeness (QED) is 0.798. The van der Waals surface area contributed by atoms with Gasteiger partial charge in [-0.1, -0.05) is 5.16 Å². The molecule has 0 fully saturated rings. The fraction of sp³-hybridized carbons (Fsp3) is 0.429. The molecule has 0 saturated heterocycles. The fourth-order valence-electron chi connectivity index (χ4n) is 1.94. The van der Waals surface area contributed by atoms with Crippen molar-refractivity contribution in [2.45, 2.75) is 12.5 Å². The average Bonchev–Trinajstić information content (AvgIpc) is 3.01. The van der Waals surface area contributed by atoms with Gasteiger partial charge in [0.1, 0.15) is 9.84 Å². The molecular formula is C14H19N3O5S. The zero-order valence-electron chi connectivity index (χ0n) is 13.1. The molecule has 0 aliphatic heterocycles. The van der Waals surface area contributed by atoms with Crippen LogP contribution < -0.4 is 15.2 Å². The van der Waals surface area contributed by atoms with Gasteiger partial charge in [-0.25, -0.2) is 8.42 Å². The van der Waals surface area contributed by atoms with Crippen molar-refractivity contribution in [1.82, 2.24) is 10.1 Å². The van der Waals surface area contributed by atoms with Gasteiger partial charge in [0, 0.05) is 11.8 Å². The Balaban J connectivity index is 2.18. The minimum atomic E-state index is -3.09. The van der Waals surface area contributed by atoms with E-state index in [9.17, 15) is 8.42 Å². The summed E-state index contributed by atoms with van der Waals surface area (Å²) in [6.07, 6.45) is 1.37. The summed E-state index contributed by atoms with van der Waals surface area (Å²) in [4.78, 5) is 4.22. The van der Waals surface area contributed by atoms with Crippen molar-refractivity contribution in [3.63, 3.8) is 0 Å². The Hall–Kier alpha value is -2.13. The molecule has 2 aromatic rings. The Morgan fingerprint density at radius 1 is 1.26 bits per heavy atom. The summed E-state index contributed by atoms with van der Waals surface area (Å²) in [6.45, 7) is 0. The third kappa shape index (κ3) is 4.42. The van der Waals surface area contributed by atoms with Crippen LogP contribution in [0.5, 0.6) is 11.5 Å². The molecule has 0 aliphatic carbocycles. The molecular weight excluding hydrogens is 322 g/mol. The Morgan fingerprint density at radius 2 is 1.96 bits per heavy atom. The molecule has 2 rings (SSSR count). The highest BCUT2D eigenvalue weighted by molar-refractivity contribution is 7.90. The van der Waals surface area contributed by atoms with E-state index in [4.69, 9.17) is 19.7 Å². The van der Waals surface area contributed by atoms with Gasteiger partial charge >= 0.3 is 0 Å². The van der Waals surface area contributed by atoms with Crippen molar-refractivity contribution in [3.8, 4) is 22.9 Å². The predicted molar refractivity (Wildman–Crippen MR) is 84.1 cm³/mol. The molecule has 126 valence electrons. The number of nitrogens with zero attached hydrogens (tertiary/aromatic N) is 2. The number of methoxy groups -OCH3 is 2. The average molecular weight is 341 g/mol. The number of ether oxygens (including phenoxy) is 2. The number of aromatic nitrogens is 2. The molecule has 0 saturated carbocycles. The lowest BCUT2D eigenvalue weighted by Crippen LogP contribution is -2.16. The van der Waals surface area contributed by atoms with E-state index in [-0.39, 0.29) is 18.1 Å². The van der Waals surface area contributed by atoms with Gasteiger partial charge in [-0.2, -0.15) is 4.98 Å². The van der Waals surface area contributed by atoms with Crippen LogP contribution in [0.15, 0.2) is 22.7 Å². The lowest BCUT2D eigenvalue weighted by atomic mass is 10.2. The highest BCUT2D eigenvalue weighted by Gasteiger charge is 2.18. The van der Waals surface area contributed by atoms with Crippen LogP contribution in [0, 0.1) is 0 Å². The first-order valence-electron chi connectivity index (χ1n) is 6.83. The number of sulfone groups is 1. The maximum Gasteiger partial charge on any atom is 0.243 e. The minimum absolute atomic E-state index is 0.0394. The number of rotatable bonds is 7. The van der Waals surface area contributed by atoms with E-state index in [0.29, 0.717) is 22.9 Å². The van der Waals surface area contributed by atoms with E-state index in [1.54, 1.807) is 25.3 Å². The van der Waals surface area contributed by atoms with E-state index in [2.05, 4.69) is 10.1 Å². The van der Waals surface area contributed by atoms with Crippen LogP contribution in [0.2, 0.25) is 0 Å². The molecule has 23 heavy (non-hydrogen) atoms. The maximum atomic E-state index is 11.2. The molecule has 1 atom stereocenters. The van der Waals surface area contributed by atoms with Gasteiger partial charge in [-0.05, 0) is 24.6 Å². The third-order valence-electron chi connectivity index (χ3n) is 3.20. The van der Waals surface area contributed by atoms with E-state index in [1.807, 2.05) is 0 Å². The second-order valence-corrected chi connectivity index (χ2v) is 7.31. The summed E-state index contributed by atoms with van der Waals surface area (Å²) in [5.41, 5.74) is 6.56. The molecule has 0 spiro atoms. The topological polar surface area (TPSA) is 118 Å². The molecule has 2 N–H and O–H groups in total. The minimum Gasteiger partial charge on any atom is -0.493 e. The third-order valence-corrected chi connectivity index (χ3v) is 4.18. The zero-order valence-corrected chi connectivity index (χ0v) is 14.0. The van der Waals surface area contributed by atoms with Crippen LogP contribution in [0.1, 0.15) is 18.4 Å². The smallest absolute Gasteiger partial charge is 0.243 e. The molecule has 1 aromatic carbocycles. The molecule has 0 bridgehead atoms.